The first-order chi connectivity index (χ1) is 14.6. The zero-order chi connectivity index (χ0) is 20.9. The number of hydrogen-bond acceptors (Lipinski definition) is 5. The highest BCUT2D eigenvalue weighted by atomic mass is 32.1. The minimum atomic E-state index is -0.180. The molecule has 2 heterocycles. The topological polar surface area (TPSA) is 54.5 Å². The first-order valence-corrected chi connectivity index (χ1v) is 11.2. The molecule has 0 aliphatic carbocycles. The number of rotatable bonds is 6. The largest absolute Gasteiger partial charge is 0.457 e. The molecule has 0 bridgehead atoms. The van der Waals surface area contributed by atoms with Crippen LogP contribution in [0, 0.1) is 12.8 Å². The second-order valence-electron chi connectivity index (χ2n) is 7.88. The third kappa shape index (κ3) is 5.26. The van der Waals surface area contributed by atoms with Crippen LogP contribution < -0.4 is 10.1 Å². The van der Waals surface area contributed by atoms with E-state index < -0.39 is 0 Å². The molecule has 3 aromatic rings. The Morgan fingerprint density at radius 3 is 2.63 bits per heavy atom. The van der Waals surface area contributed by atoms with Crippen LogP contribution in [0.5, 0.6) is 11.5 Å². The molecule has 0 saturated carbocycles. The summed E-state index contributed by atoms with van der Waals surface area (Å²) in [5.74, 6) is 2.01. The van der Waals surface area contributed by atoms with Crippen molar-refractivity contribution >= 4 is 22.4 Å². The number of ether oxygens (including phenoxy) is 1. The van der Waals surface area contributed by atoms with Crippen molar-refractivity contribution in [2.45, 2.75) is 33.2 Å². The predicted molar refractivity (Wildman–Crippen MR) is 121 cm³/mol. The zero-order valence-corrected chi connectivity index (χ0v) is 18.2. The summed E-state index contributed by atoms with van der Waals surface area (Å²) in [5.41, 5.74) is 1.54. The van der Waals surface area contributed by atoms with Crippen LogP contribution in [0.25, 0.3) is 0 Å². The maximum absolute atomic E-state index is 12.8. The van der Waals surface area contributed by atoms with E-state index in [1.54, 1.807) is 23.5 Å². The van der Waals surface area contributed by atoms with Crippen LogP contribution in [0.1, 0.15) is 40.7 Å². The molecule has 1 aliphatic heterocycles. The highest BCUT2D eigenvalue weighted by Crippen LogP contribution is 2.27. The number of nitrogens with zero attached hydrogens (tertiary/aromatic N) is 2. The maximum Gasteiger partial charge on any atom is 0.257 e. The molecule has 5 nitrogen and oxygen atoms in total. The lowest BCUT2D eigenvalue weighted by Gasteiger charge is -2.29. The van der Waals surface area contributed by atoms with Crippen LogP contribution in [-0.2, 0) is 6.54 Å². The van der Waals surface area contributed by atoms with Gasteiger partial charge in [0.25, 0.3) is 5.91 Å². The summed E-state index contributed by atoms with van der Waals surface area (Å²) in [6.45, 7) is 7.51. The van der Waals surface area contributed by atoms with Crippen molar-refractivity contribution in [3.05, 3.63) is 70.7 Å². The smallest absolute Gasteiger partial charge is 0.257 e. The third-order valence-corrected chi connectivity index (χ3v) is 6.49. The van der Waals surface area contributed by atoms with Crippen molar-refractivity contribution in [2.75, 3.05) is 18.4 Å². The van der Waals surface area contributed by atoms with E-state index in [1.165, 1.54) is 17.7 Å². The Morgan fingerprint density at radius 1 is 1.13 bits per heavy atom. The summed E-state index contributed by atoms with van der Waals surface area (Å²) < 4.78 is 5.84. The lowest BCUT2D eigenvalue weighted by molar-refractivity contribution is 0.102. The molecule has 0 unspecified atom stereocenters. The molecule has 30 heavy (non-hydrogen) atoms. The number of thiazole rings is 1. The zero-order valence-electron chi connectivity index (χ0n) is 17.4. The standard InChI is InChI=1S/C24H27N3O2S/c1-17-11-13-27(14-12-17)16-22-18(2)25-24(30-22)26-23(28)19-7-6-10-21(15-19)29-20-8-4-3-5-9-20/h3-10,15,17H,11-14,16H2,1-2H3,(H,25,26,28). The lowest BCUT2D eigenvalue weighted by Crippen LogP contribution is -2.32. The van der Waals surface area contributed by atoms with Gasteiger partial charge in [-0.05, 0) is 69.1 Å². The Labute approximate surface area is 181 Å². The van der Waals surface area contributed by atoms with Crippen LogP contribution in [0.4, 0.5) is 5.13 Å². The van der Waals surface area contributed by atoms with Gasteiger partial charge in [-0.2, -0.15) is 0 Å². The first-order valence-electron chi connectivity index (χ1n) is 10.4. The SMILES string of the molecule is Cc1nc(NC(=O)c2cccc(Oc3ccccc3)c2)sc1CN1CCC(C)CC1. The fourth-order valence-electron chi connectivity index (χ4n) is 3.55. The molecule has 1 aliphatic rings. The van der Waals surface area contributed by atoms with E-state index >= 15 is 0 Å². The Kier molecular flexibility index (Phi) is 6.45. The Balaban J connectivity index is 1.40. The fourth-order valence-corrected chi connectivity index (χ4v) is 4.55. The molecule has 1 aromatic heterocycles. The molecule has 0 radical (unpaired) electrons. The van der Waals surface area contributed by atoms with Gasteiger partial charge in [-0.15, -0.1) is 11.3 Å². The minimum absolute atomic E-state index is 0.180. The van der Waals surface area contributed by atoms with E-state index in [0.717, 1.165) is 37.0 Å². The molecule has 6 heteroatoms. The van der Waals surface area contributed by atoms with E-state index in [0.29, 0.717) is 16.4 Å². The summed E-state index contributed by atoms with van der Waals surface area (Å²) in [6, 6.07) is 16.7. The Morgan fingerprint density at radius 2 is 1.87 bits per heavy atom. The number of hydrogen-bond donors (Lipinski definition) is 1. The van der Waals surface area contributed by atoms with Gasteiger partial charge in [0.1, 0.15) is 11.5 Å². The molecular formula is C24H27N3O2S. The van der Waals surface area contributed by atoms with E-state index in [2.05, 4.69) is 22.1 Å². The average Bonchev–Trinajstić information content (AvgIpc) is 3.09. The van der Waals surface area contributed by atoms with Crippen LogP contribution in [0.2, 0.25) is 0 Å². The van der Waals surface area contributed by atoms with Crippen molar-refractivity contribution in [2.24, 2.45) is 5.92 Å². The van der Waals surface area contributed by atoms with Gasteiger partial charge in [0.05, 0.1) is 5.69 Å². The molecule has 1 fully saturated rings. The van der Waals surface area contributed by atoms with Gasteiger partial charge in [-0.25, -0.2) is 4.98 Å². The van der Waals surface area contributed by atoms with Crippen molar-refractivity contribution in [3.63, 3.8) is 0 Å². The van der Waals surface area contributed by atoms with E-state index in [9.17, 15) is 4.79 Å². The molecule has 156 valence electrons. The summed E-state index contributed by atoms with van der Waals surface area (Å²) in [6.07, 6.45) is 2.51. The molecule has 1 saturated heterocycles. The minimum Gasteiger partial charge on any atom is -0.457 e. The van der Waals surface area contributed by atoms with Crippen molar-refractivity contribution in [1.29, 1.82) is 0 Å². The van der Waals surface area contributed by atoms with Crippen molar-refractivity contribution in [3.8, 4) is 11.5 Å². The van der Waals surface area contributed by atoms with Gasteiger partial charge in [0.2, 0.25) is 0 Å². The number of benzene rings is 2. The molecule has 2 aromatic carbocycles. The van der Waals surface area contributed by atoms with Crippen LogP contribution in [-0.4, -0.2) is 28.9 Å². The number of carbonyl (C=O) groups is 1. The second kappa shape index (κ2) is 9.41. The molecule has 4 rings (SSSR count). The average molecular weight is 422 g/mol. The van der Waals surface area contributed by atoms with Gasteiger partial charge in [-0.1, -0.05) is 31.2 Å². The molecule has 0 spiro atoms. The van der Waals surface area contributed by atoms with Gasteiger partial charge < -0.3 is 4.74 Å². The second-order valence-corrected chi connectivity index (χ2v) is 8.97. The van der Waals surface area contributed by atoms with Crippen LogP contribution in [0.3, 0.4) is 0 Å². The number of aryl methyl sites for hydroxylation is 1. The van der Waals surface area contributed by atoms with Gasteiger partial charge in [-0.3, -0.25) is 15.0 Å². The number of aromatic nitrogens is 1. The Hall–Kier alpha value is -2.70. The maximum atomic E-state index is 12.8. The normalized spacial score (nSPS) is 15.1. The van der Waals surface area contributed by atoms with Gasteiger partial charge >= 0.3 is 0 Å². The third-order valence-electron chi connectivity index (χ3n) is 5.43. The fraction of sp³-hybridized carbons (Fsp3) is 0.333. The van der Waals surface area contributed by atoms with Crippen LogP contribution >= 0.6 is 11.3 Å². The summed E-state index contributed by atoms with van der Waals surface area (Å²) in [7, 11) is 0. The predicted octanol–water partition coefficient (Wildman–Crippen LogP) is 5.73. The molecular weight excluding hydrogens is 394 g/mol. The summed E-state index contributed by atoms with van der Waals surface area (Å²) in [4.78, 5) is 21.0. The van der Waals surface area contributed by atoms with Gasteiger partial charge in [0, 0.05) is 17.0 Å². The monoisotopic (exact) mass is 421 g/mol. The number of nitrogens with one attached hydrogen (secondary N) is 1. The van der Waals surface area contributed by atoms with E-state index in [1.807, 2.05) is 49.4 Å². The summed E-state index contributed by atoms with van der Waals surface area (Å²) >= 11 is 1.57. The number of amides is 1. The Bertz CT molecular complexity index is 995. The highest BCUT2D eigenvalue weighted by Gasteiger charge is 2.19. The van der Waals surface area contributed by atoms with E-state index in [4.69, 9.17) is 4.74 Å². The molecule has 0 atom stereocenters. The van der Waals surface area contributed by atoms with Gasteiger partial charge in [0.15, 0.2) is 5.13 Å². The number of anilines is 1. The first kappa shape index (κ1) is 20.6. The number of carbonyl (C=O) groups excluding carboxylic acids is 1. The lowest BCUT2D eigenvalue weighted by atomic mass is 9.99. The molecule has 1 N–H and O–H groups in total. The van der Waals surface area contributed by atoms with Crippen molar-refractivity contribution < 1.29 is 9.53 Å². The number of piperidine rings is 1. The van der Waals surface area contributed by atoms with Crippen molar-refractivity contribution in [1.82, 2.24) is 9.88 Å². The molecule has 1 amide bonds. The number of likely N-dealkylation sites (tertiary alicyclic amines) is 1. The quantitative estimate of drug-likeness (QED) is 0.552. The van der Waals surface area contributed by atoms with E-state index in [-0.39, 0.29) is 5.91 Å². The number of para-hydroxylation sites is 1. The van der Waals surface area contributed by atoms with Crippen LogP contribution in [0.15, 0.2) is 54.6 Å². The highest BCUT2D eigenvalue weighted by molar-refractivity contribution is 7.15. The summed E-state index contributed by atoms with van der Waals surface area (Å²) in [5, 5.41) is 3.59.